The predicted molar refractivity (Wildman–Crippen MR) is 199 cm³/mol. The van der Waals surface area contributed by atoms with Crippen LogP contribution < -0.4 is 14.4 Å². The van der Waals surface area contributed by atoms with E-state index in [0.717, 1.165) is 55.7 Å². The lowest BCUT2D eigenvalue weighted by Gasteiger charge is -2.39. The number of fused-ring (bicyclic) bond motifs is 1. The fourth-order valence-electron chi connectivity index (χ4n) is 7.65. The van der Waals surface area contributed by atoms with E-state index in [1.54, 1.807) is 18.0 Å². The molecule has 6 rings (SSSR count). The molecule has 1 spiro atoms. The van der Waals surface area contributed by atoms with Gasteiger partial charge in [0.25, 0.3) is 5.91 Å². The molecule has 51 heavy (non-hydrogen) atoms. The van der Waals surface area contributed by atoms with Crippen LogP contribution in [0.15, 0.2) is 53.4 Å². The second kappa shape index (κ2) is 17.1. The van der Waals surface area contributed by atoms with Crippen molar-refractivity contribution >= 4 is 40.3 Å². The lowest BCUT2D eigenvalue weighted by Crippen LogP contribution is -2.54. The summed E-state index contributed by atoms with van der Waals surface area (Å²) < 4.78 is 40.9. The summed E-state index contributed by atoms with van der Waals surface area (Å²) in [6.45, 7) is 7.49. The minimum Gasteiger partial charge on any atom is -0.491 e. The molecule has 3 heterocycles. The van der Waals surface area contributed by atoms with Gasteiger partial charge in [-0.3, -0.25) is 9.52 Å². The number of anilines is 1. The Balaban J connectivity index is 1.33. The molecule has 0 aromatic heterocycles. The zero-order chi connectivity index (χ0) is 36.0. The van der Waals surface area contributed by atoms with Gasteiger partial charge in [-0.05, 0) is 98.9 Å². The smallest absolute Gasteiger partial charge is 0.410 e. The maximum absolute atomic E-state index is 13.6. The molecule has 278 valence electrons. The second-order valence-electron chi connectivity index (χ2n) is 14.2. The number of halogens is 1. The molecule has 4 unspecified atom stereocenters. The first-order valence-electron chi connectivity index (χ1n) is 18.6. The van der Waals surface area contributed by atoms with Crippen LogP contribution in [0.3, 0.4) is 0 Å². The van der Waals surface area contributed by atoms with Crippen molar-refractivity contribution in [2.45, 2.75) is 100 Å². The Kier molecular flexibility index (Phi) is 12.6. The fraction of sp³-hybridized carbons (Fsp3) is 0.590. The Hall–Kier alpha value is -3.12. The first-order chi connectivity index (χ1) is 24.7. The van der Waals surface area contributed by atoms with Gasteiger partial charge in [0.15, 0.2) is 11.0 Å². The summed E-state index contributed by atoms with van der Waals surface area (Å²) in [6, 6.07) is 11.7. The van der Waals surface area contributed by atoms with E-state index in [-0.39, 0.29) is 36.5 Å². The lowest BCUT2D eigenvalue weighted by atomic mass is 9.79. The van der Waals surface area contributed by atoms with E-state index in [1.165, 1.54) is 11.1 Å². The van der Waals surface area contributed by atoms with E-state index in [4.69, 9.17) is 30.5 Å². The summed E-state index contributed by atoms with van der Waals surface area (Å²) >= 11 is 6.45. The van der Waals surface area contributed by atoms with Gasteiger partial charge in [0, 0.05) is 56.3 Å². The standard InChI is InChI=1S/C39H52ClN3O7S/c1-4-8-28-23-30(40)10-12-33(28)29-25-43-19-14-27(5-2)35(50-38(45)42(3)31-15-21-47-22-16-31)9-6-20-49-39(17-7-18-39)37(44)41-51(46)32-11-13-36(48-26-29)34(43)24-32/h6,9-13,23-24,27,29,31,35H,4-5,7-8,14-22,25-26H2,1-3H3,(H,41,44)/b9-6+. The molecule has 0 radical (unpaired) electrons. The molecule has 3 aliphatic heterocycles. The average Bonchev–Trinajstić information content (AvgIpc) is 3.29. The molecule has 12 heteroatoms. The number of ether oxygens (including phenoxy) is 4. The van der Waals surface area contributed by atoms with Gasteiger partial charge in [-0.1, -0.05) is 44.0 Å². The highest BCUT2D eigenvalue weighted by atomic mass is 35.5. The van der Waals surface area contributed by atoms with Gasteiger partial charge in [-0.15, -0.1) is 0 Å². The van der Waals surface area contributed by atoms with Crippen molar-refractivity contribution in [1.29, 1.82) is 0 Å². The van der Waals surface area contributed by atoms with Crippen LogP contribution in [0, 0.1) is 5.92 Å². The molecule has 2 bridgehead atoms. The molecule has 10 nitrogen and oxygen atoms in total. The van der Waals surface area contributed by atoms with Gasteiger partial charge in [0.05, 0.1) is 23.8 Å². The number of nitrogens with one attached hydrogen (secondary N) is 1. The zero-order valence-electron chi connectivity index (χ0n) is 30.1. The van der Waals surface area contributed by atoms with Crippen LogP contribution in [0.4, 0.5) is 10.5 Å². The highest BCUT2D eigenvalue weighted by Gasteiger charge is 2.46. The number of amides is 2. The largest absolute Gasteiger partial charge is 0.491 e. The van der Waals surface area contributed by atoms with Crippen LogP contribution in [0.25, 0.3) is 0 Å². The molecule has 1 N–H and O–H groups in total. The van der Waals surface area contributed by atoms with Crippen molar-refractivity contribution < 1.29 is 32.7 Å². The van der Waals surface area contributed by atoms with E-state index < -0.39 is 22.7 Å². The number of rotatable bonds is 6. The number of carbonyl (C=O) groups excluding carboxylic acids is 2. The number of aryl methyl sites for hydroxylation is 1. The van der Waals surface area contributed by atoms with Crippen LogP contribution in [0.1, 0.15) is 82.3 Å². The molecule has 2 aromatic rings. The first kappa shape index (κ1) is 37.6. The van der Waals surface area contributed by atoms with Crippen LogP contribution >= 0.6 is 11.6 Å². The first-order valence-corrected chi connectivity index (χ1v) is 20.1. The quantitative estimate of drug-likeness (QED) is 0.317. The number of hydrogen-bond acceptors (Lipinski definition) is 8. The van der Waals surface area contributed by atoms with Crippen LogP contribution in [-0.2, 0) is 36.4 Å². The molecule has 2 amide bonds. The molecule has 1 aliphatic carbocycles. The van der Waals surface area contributed by atoms with Gasteiger partial charge in [0.1, 0.15) is 17.5 Å². The van der Waals surface area contributed by atoms with E-state index >= 15 is 0 Å². The third kappa shape index (κ3) is 8.75. The normalized spacial score (nSPS) is 26.3. The van der Waals surface area contributed by atoms with Gasteiger partial charge in [-0.25, -0.2) is 9.00 Å². The number of benzene rings is 2. The molecule has 1 saturated heterocycles. The van der Waals surface area contributed by atoms with Crippen molar-refractivity contribution in [2.75, 3.05) is 51.5 Å². The Morgan fingerprint density at radius 1 is 1.14 bits per heavy atom. The summed E-state index contributed by atoms with van der Waals surface area (Å²) in [7, 11) is 0.0158. The summed E-state index contributed by atoms with van der Waals surface area (Å²) in [4.78, 5) is 31.6. The summed E-state index contributed by atoms with van der Waals surface area (Å²) in [5.74, 6) is 0.364. The monoisotopic (exact) mass is 741 g/mol. The van der Waals surface area contributed by atoms with Crippen molar-refractivity contribution in [3.05, 3.63) is 64.7 Å². The third-order valence-corrected chi connectivity index (χ3v) is 12.3. The van der Waals surface area contributed by atoms with Crippen molar-refractivity contribution in [3.63, 3.8) is 0 Å². The summed E-state index contributed by atoms with van der Waals surface area (Å²) in [5.41, 5.74) is 2.21. The topological polar surface area (TPSA) is 107 Å². The summed E-state index contributed by atoms with van der Waals surface area (Å²) in [6.07, 6.45) is 9.83. The van der Waals surface area contributed by atoms with Crippen LogP contribution in [0.5, 0.6) is 5.75 Å². The molecular formula is C39H52ClN3O7S. The maximum atomic E-state index is 13.6. The van der Waals surface area contributed by atoms with E-state index in [2.05, 4.69) is 35.6 Å². The Morgan fingerprint density at radius 3 is 2.67 bits per heavy atom. The fourth-order valence-corrected chi connectivity index (χ4v) is 8.73. The van der Waals surface area contributed by atoms with E-state index in [0.29, 0.717) is 56.4 Å². The third-order valence-electron chi connectivity index (χ3n) is 11.0. The Bertz CT molecular complexity index is 1590. The number of nitrogens with zero attached hydrogens (tertiary/aromatic N) is 2. The van der Waals surface area contributed by atoms with Gasteiger partial charge < -0.3 is 28.7 Å². The molecule has 4 aliphatic rings. The van der Waals surface area contributed by atoms with Gasteiger partial charge in [0.2, 0.25) is 0 Å². The van der Waals surface area contributed by atoms with Gasteiger partial charge >= 0.3 is 6.09 Å². The SMILES string of the molecule is CCCc1cc(Cl)ccc1C1COc2ccc3cc2N(CCC(CC)C(OC(=O)N(C)C2CCOCC2)/C=C/COC2(CCC2)C(=O)NS3=O)C1. The Morgan fingerprint density at radius 2 is 1.94 bits per heavy atom. The van der Waals surface area contributed by atoms with Crippen molar-refractivity contribution in [2.24, 2.45) is 5.92 Å². The Labute approximate surface area is 309 Å². The molecule has 1 saturated carbocycles. The van der Waals surface area contributed by atoms with Crippen molar-refractivity contribution in [1.82, 2.24) is 9.62 Å². The van der Waals surface area contributed by atoms with Crippen LogP contribution in [0.2, 0.25) is 5.02 Å². The van der Waals surface area contributed by atoms with Crippen LogP contribution in [-0.4, -0.2) is 85.4 Å². The zero-order valence-corrected chi connectivity index (χ0v) is 31.6. The minimum atomic E-state index is -1.79. The number of hydrogen-bond donors (Lipinski definition) is 1. The minimum absolute atomic E-state index is 0.00303. The maximum Gasteiger partial charge on any atom is 0.410 e. The molecular weight excluding hydrogens is 690 g/mol. The van der Waals surface area contributed by atoms with E-state index in [1.807, 2.05) is 30.4 Å². The average molecular weight is 742 g/mol. The highest BCUT2D eigenvalue weighted by Crippen LogP contribution is 2.39. The predicted octanol–water partition coefficient (Wildman–Crippen LogP) is 6.96. The molecule has 2 fully saturated rings. The van der Waals surface area contributed by atoms with Gasteiger partial charge in [-0.2, -0.15) is 0 Å². The lowest BCUT2D eigenvalue weighted by molar-refractivity contribution is -0.155. The molecule has 4 atom stereocenters. The highest BCUT2D eigenvalue weighted by molar-refractivity contribution is 7.83. The number of carbonyl (C=O) groups is 2. The van der Waals surface area contributed by atoms with Crippen molar-refractivity contribution in [3.8, 4) is 5.75 Å². The van der Waals surface area contributed by atoms with E-state index in [9.17, 15) is 13.8 Å². The summed E-state index contributed by atoms with van der Waals surface area (Å²) in [5, 5.41) is 0.718. The second-order valence-corrected chi connectivity index (χ2v) is 15.9. The molecule has 2 aromatic carbocycles.